The van der Waals surface area contributed by atoms with E-state index in [4.69, 9.17) is 92.8 Å². The summed E-state index contributed by atoms with van der Waals surface area (Å²) in [6.07, 6.45) is 59.8. The van der Waals surface area contributed by atoms with Crippen molar-refractivity contribution in [1.29, 1.82) is 0 Å². The fourth-order valence-corrected chi connectivity index (χ4v) is 16.4. The van der Waals surface area contributed by atoms with E-state index in [9.17, 15) is 0 Å². The highest BCUT2D eigenvalue weighted by molar-refractivity contribution is 6.19. The number of aryl methyl sites for hydroxylation is 4. The van der Waals surface area contributed by atoms with Gasteiger partial charge in [0.05, 0.1) is 0 Å². The van der Waals surface area contributed by atoms with Crippen molar-refractivity contribution in [2.75, 3.05) is 119 Å². The summed E-state index contributed by atoms with van der Waals surface area (Å²) in [6, 6.07) is 47.5. The zero-order valence-corrected chi connectivity index (χ0v) is 71.8. The Morgan fingerprint density at radius 2 is 0.333 bits per heavy atom. The van der Waals surface area contributed by atoms with Crippen molar-refractivity contribution >= 4 is 164 Å². The van der Waals surface area contributed by atoms with Crippen LogP contribution < -0.4 is 19.6 Å². The van der Waals surface area contributed by atoms with Gasteiger partial charge in [-0.15, -0.1) is 92.8 Å². The number of halogens is 8. The lowest BCUT2D eigenvalue weighted by atomic mass is 9.86. The van der Waals surface area contributed by atoms with Gasteiger partial charge >= 0.3 is 0 Å². The molecule has 0 saturated carbocycles. The Morgan fingerprint density at radius 3 is 0.481 bits per heavy atom. The molecule has 12 heteroatoms. The Bertz CT molecular complexity index is 2910. The highest BCUT2D eigenvalue weighted by Crippen LogP contribution is 2.33. The summed E-state index contributed by atoms with van der Waals surface area (Å²) in [5, 5.41) is 0. The summed E-state index contributed by atoms with van der Waals surface area (Å²) in [5.41, 5.74) is 20.7. The van der Waals surface area contributed by atoms with E-state index < -0.39 is 0 Å². The summed E-state index contributed by atoms with van der Waals surface area (Å²) in [7, 11) is 0. The second-order valence-corrected chi connectivity index (χ2v) is 33.0. The maximum absolute atomic E-state index is 6.09. The van der Waals surface area contributed by atoms with Crippen LogP contribution in [0.4, 0.5) is 22.7 Å². The van der Waals surface area contributed by atoms with Gasteiger partial charge in [0.25, 0.3) is 0 Å². The van der Waals surface area contributed by atoms with Crippen molar-refractivity contribution in [1.82, 2.24) is 0 Å². The van der Waals surface area contributed by atoms with Crippen LogP contribution in [0.1, 0.15) is 272 Å². The van der Waals surface area contributed by atoms with Crippen LogP contribution >= 0.6 is 92.8 Å². The fraction of sp³-hybridized carbons (Fsp3) is 0.542. The van der Waals surface area contributed by atoms with Crippen molar-refractivity contribution in [3.63, 3.8) is 0 Å². The van der Waals surface area contributed by atoms with Gasteiger partial charge in [0, 0.05) is 122 Å². The van der Waals surface area contributed by atoms with Crippen molar-refractivity contribution in [3.05, 3.63) is 188 Å². The standard InChI is InChI=1S/C96H132Cl8N4/c97-61-17-1-9-25-69-105(70-26-10-2-18-62-98)93-53-37-81(38-54-93)33-45-85-77-90-51-52-92-80-87(47-35-83-41-57-95(58-42-83)107(73-29-13-5-21-65-101)74-30-14-6-22-66-102)91(79-88(92)48-36-84-43-59-96(60-44-84)108(75-31-15-7-23-67-103)76-32-16-8-24-68-104)50-49-89(85)78-86(90)46-34-82-39-55-94(56-40-82)106(71-27-11-3-19-63-99)72-28-12-4-20-64-100/h33-48,53-60,77-80H,1-32,49-52,61-76H2/b45-33-,46-34+,47-35+,48-36+. The lowest BCUT2D eigenvalue weighted by Gasteiger charge is -2.25. The molecule has 6 aromatic rings. The average Bonchev–Trinajstić information content (AvgIpc) is 0.796. The normalized spacial score (nSPS) is 12.4. The molecule has 4 nitrogen and oxygen atoms in total. The van der Waals surface area contributed by atoms with Crippen molar-refractivity contribution in [3.8, 4) is 0 Å². The third-order valence-electron chi connectivity index (χ3n) is 21.5. The summed E-state index contributed by atoms with van der Waals surface area (Å²) < 4.78 is 0. The number of anilines is 4. The van der Waals surface area contributed by atoms with Gasteiger partial charge < -0.3 is 19.6 Å². The molecule has 0 saturated heterocycles. The maximum atomic E-state index is 6.09. The Kier molecular flexibility index (Phi) is 48.7. The largest absolute Gasteiger partial charge is 0.372 e. The maximum Gasteiger partial charge on any atom is 0.0366 e. The van der Waals surface area contributed by atoms with Gasteiger partial charge in [-0.1, -0.05) is 224 Å². The van der Waals surface area contributed by atoms with Gasteiger partial charge in [0.2, 0.25) is 0 Å². The summed E-state index contributed by atoms with van der Waals surface area (Å²) in [6.45, 7) is 8.50. The van der Waals surface area contributed by atoms with Crippen LogP contribution in [0.2, 0.25) is 0 Å². The molecule has 10 rings (SSSR count). The first-order valence-electron chi connectivity index (χ1n) is 42.2. The van der Waals surface area contributed by atoms with E-state index >= 15 is 0 Å². The molecular weight excluding hydrogens is 1490 g/mol. The molecule has 0 aromatic heterocycles. The Hall–Kier alpha value is -4.20. The Morgan fingerprint density at radius 1 is 0.185 bits per heavy atom. The highest BCUT2D eigenvalue weighted by atomic mass is 35.5. The van der Waals surface area contributed by atoms with Gasteiger partial charge in [-0.3, -0.25) is 0 Å². The first kappa shape index (κ1) is 91.0. The van der Waals surface area contributed by atoms with Crippen LogP contribution in [0.15, 0.2) is 121 Å². The number of nitrogens with zero attached hydrogens (tertiary/aromatic N) is 4. The van der Waals surface area contributed by atoms with E-state index in [0.717, 1.165) is 176 Å². The van der Waals surface area contributed by atoms with Gasteiger partial charge in [-0.2, -0.15) is 0 Å². The molecule has 6 aromatic carbocycles. The van der Waals surface area contributed by atoms with Gasteiger partial charge in [0.15, 0.2) is 0 Å². The first-order valence-corrected chi connectivity index (χ1v) is 46.5. The molecule has 0 aliphatic heterocycles. The molecule has 0 atom stereocenters. The number of benzene rings is 6. The second-order valence-electron chi connectivity index (χ2n) is 30.0. The van der Waals surface area contributed by atoms with Crippen molar-refractivity contribution < 1.29 is 0 Å². The molecule has 0 amide bonds. The molecule has 0 radical (unpaired) electrons. The summed E-state index contributed by atoms with van der Waals surface area (Å²) in [5.74, 6) is 5.93. The van der Waals surface area contributed by atoms with E-state index in [2.05, 4.69) is 190 Å². The summed E-state index contributed by atoms with van der Waals surface area (Å²) in [4.78, 5) is 10.4. The van der Waals surface area contributed by atoms with E-state index in [1.807, 2.05) is 0 Å². The highest BCUT2D eigenvalue weighted by Gasteiger charge is 2.18. The van der Waals surface area contributed by atoms with E-state index in [1.165, 1.54) is 244 Å². The van der Waals surface area contributed by atoms with Crippen LogP contribution in [0.3, 0.4) is 0 Å². The Balaban J connectivity index is 1.26. The van der Waals surface area contributed by atoms with Crippen molar-refractivity contribution in [2.45, 2.75) is 231 Å². The number of alkyl halides is 8. The smallest absolute Gasteiger partial charge is 0.0366 e. The molecule has 4 bridgehead atoms. The lowest BCUT2D eigenvalue weighted by molar-refractivity contribution is 0.610. The first-order chi connectivity index (χ1) is 53.3. The molecule has 0 N–H and O–H groups in total. The number of rotatable bonds is 60. The number of hydrogen-bond acceptors (Lipinski definition) is 4. The third kappa shape index (κ3) is 35.9. The average molecular weight is 1630 g/mol. The predicted octanol–water partition coefficient (Wildman–Crippen LogP) is 29.9. The van der Waals surface area contributed by atoms with Crippen LogP contribution in [0, 0.1) is 0 Å². The van der Waals surface area contributed by atoms with E-state index in [1.54, 1.807) is 0 Å². The van der Waals surface area contributed by atoms with Crippen molar-refractivity contribution in [2.24, 2.45) is 0 Å². The number of unbranched alkanes of at least 4 members (excludes halogenated alkanes) is 24. The molecule has 108 heavy (non-hydrogen) atoms. The third-order valence-corrected chi connectivity index (χ3v) is 23.6. The fourth-order valence-electron chi connectivity index (χ4n) is 14.9. The molecule has 4 aliphatic rings. The monoisotopic (exact) mass is 1620 g/mol. The van der Waals surface area contributed by atoms with Gasteiger partial charge in [0.1, 0.15) is 0 Å². The van der Waals surface area contributed by atoms with Gasteiger partial charge in [-0.25, -0.2) is 0 Å². The van der Waals surface area contributed by atoms with Crippen LogP contribution in [-0.4, -0.2) is 99.4 Å². The minimum Gasteiger partial charge on any atom is -0.372 e. The minimum atomic E-state index is 0.742. The zero-order chi connectivity index (χ0) is 76.1. The molecular formula is C96H132Cl8N4. The molecule has 0 fully saturated rings. The minimum absolute atomic E-state index is 0.742. The topological polar surface area (TPSA) is 13.0 Å². The molecule has 592 valence electrons. The number of hydrogen-bond donors (Lipinski definition) is 0. The van der Waals surface area contributed by atoms with Crippen LogP contribution in [0.25, 0.3) is 48.6 Å². The van der Waals surface area contributed by atoms with Crippen LogP contribution in [0.5, 0.6) is 0 Å². The van der Waals surface area contributed by atoms with E-state index in [0.29, 0.717) is 0 Å². The van der Waals surface area contributed by atoms with E-state index in [-0.39, 0.29) is 0 Å². The zero-order valence-electron chi connectivity index (χ0n) is 65.7. The lowest BCUT2D eigenvalue weighted by Crippen LogP contribution is -2.25. The Labute approximate surface area is 696 Å². The van der Waals surface area contributed by atoms with Gasteiger partial charge in [-0.05, 0) is 244 Å². The molecule has 0 spiro atoms. The summed E-state index contributed by atoms with van der Waals surface area (Å²) >= 11 is 48.7. The molecule has 4 aliphatic carbocycles. The predicted molar refractivity (Wildman–Crippen MR) is 492 cm³/mol. The van der Waals surface area contributed by atoms with Crippen LogP contribution in [-0.2, 0) is 25.7 Å². The molecule has 0 heterocycles. The quantitative estimate of drug-likeness (QED) is 0.0214. The SMILES string of the molecule is ClCCCCCCN(CCCCCCCl)c1ccc(/C=C\c2cc3c(/C=C/c4ccc(N(CCCCCCCl)CCCCCCCl)cc4)cc2CCc2cc(/C=C/c4ccc(N(CCCCCCCl)CCCCCCCl)cc4)c(cc2/C=C/c2ccc(N(CCCCCCCl)CCCCCCCl)cc2)CC3)cc1. The molecule has 0 unspecified atom stereocenters. The second kappa shape index (κ2) is 57.8.